The first-order valence-corrected chi connectivity index (χ1v) is 4.66. The monoisotopic (exact) mass is 227 g/mol. The van der Waals surface area contributed by atoms with E-state index in [1.165, 1.54) is 6.20 Å². The molecule has 2 aromatic heterocycles. The van der Waals surface area contributed by atoms with Gasteiger partial charge in [0.25, 0.3) is 5.95 Å². The molecule has 0 bridgehead atoms. The standard InChI is InChI=1S/C10H8F3N3/c1-2-16-4-3-14-10(16)6-5-7(11)9(13)15-8(6)12/h3-5H,2H2,1H3. The lowest BCUT2D eigenvalue weighted by atomic mass is 10.2. The van der Waals surface area contributed by atoms with Gasteiger partial charge in [0, 0.05) is 18.9 Å². The summed E-state index contributed by atoms with van der Waals surface area (Å²) in [7, 11) is 0. The molecule has 0 N–H and O–H groups in total. The van der Waals surface area contributed by atoms with E-state index in [1.807, 2.05) is 6.92 Å². The van der Waals surface area contributed by atoms with Crippen LogP contribution in [0, 0.1) is 17.7 Å². The Morgan fingerprint density at radius 3 is 2.69 bits per heavy atom. The molecule has 0 aliphatic heterocycles. The number of imidazole rings is 1. The molecule has 0 unspecified atom stereocenters. The Labute approximate surface area is 89.6 Å². The summed E-state index contributed by atoms with van der Waals surface area (Å²) in [6, 6.07) is 0.756. The minimum absolute atomic E-state index is 0.147. The van der Waals surface area contributed by atoms with Crippen molar-refractivity contribution in [2.24, 2.45) is 0 Å². The van der Waals surface area contributed by atoms with Crippen molar-refractivity contribution >= 4 is 0 Å². The van der Waals surface area contributed by atoms with Gasteiger partial charge >= 0.3 is 0 Å². The molecule has 0 radical (unpaired) electrons. The highest BCUT2D eigenvalue weighted by molar-refractivity contribution is 5.54. The SMILES string of the molecule is CCn1ccnc1-c1cc(F)c(F)nc1F. The third-order valence-electron chi connectivity index (χ3n) is 2.18. The summed E-state index contributed by atoms with van der Waals surface area (Å²) in [6.45, 7) is 2.38. The number of aromatic nitrogens is 3. The lowest BCUT2D eigenvalue weighted by Crippen LogP contribution is -2.02. The van der Waals surface area contributed by atoms with Gasteiger partial charge in [0.1, 0.15) is 5.82 Å². The van der Waals surface area contributed by atoms with Gasteiger partial charge in [0.05, 0.1) is 5.56 Å². The second-order valence-corrected chi connectivity index (χ2v) is 3.14. The van der Waals surface area contributed by atoms with Gasteiger partial charge in [-0.25, -0.2) is 9.37 Å². The summed E-state index contributed by atoms with van der Waals surface area (Å²) < 4.78 is 40.5. The van der Waals surface area contributed by atoms with E-state index in [4.69, 9.17) is 0 Å². The predicted octanol–water partition coefficient (Wildman–Crippen LogP) is 2.38. The molecule has 0 fully saturated rings. The van der Waals surface area contributed by atoms with Gasteiger partial charge in [-0.05, 0) is 13.0 Å². The molecular formula is C10H8F3N3. The first-order valence-electron chi connectivity index (χ1n) is 4.66. The van der Waals surface area contributed by atoms with Gasteiger partial charge in [-0.2, -0.15) is 13.8 Å². The van der Waals surface area contributed by atoms with Crippen LogP contribution in [0.4, 0.5) is 13.2 Å². The lowest BCUT2D eigenvalue weighted by Gasteiger charge is -2.05. The molecule has 0 amide bonds. The van der Waals surface area contributed by atoms with Crippen LogP contribution < -0.4 is 0 Å². The largest absolute Gasteiger partial charge is 0.331 e. The summed E-state index contributed by atoms with van der Waals surface area (Å²) in [5.74, 6) is -3.48. The Hall–Kier alpha value is -1.85. The molecule has 6 heteroatoms. The Kier molecular flexibility index (Phi) is 2.64. The highest BCUT2D eigenvalue weighted by Gasteiger charge is 2.16. The number of hydrogen-bond acceptors (Lipinski definition) is 2. The van der Waals surface area contributed by atoms with Gasteiger partial charge in [0.15, 0.2) is 5.82 Å². The van der Waals surface area contributed by atoms with Gasteiger partial charge in [-0.15, -0.1) is 0 Å². The molecule has 0 saturated carbocycles. The van der Waals surface area contributed by atoms with Gasteiger partial charge in [0.2, 0.25) is 5.95 Å². The van der Waals surface area contributed by atoms with Crippen molar-refractivity contribution < 1.29 is 13.2 Å². The zero-order valence-electron chi connectivity index (χ0n) is 8.41. The fraction of sp³-hybridized carbons (Fsp3) is 0.200. The molecule has 0 aliphatic rings. The van der Waals surface area contributed by atoms with Crippen molar-refractivity contribution in [1.82, 2.24) is 14.5 Å². The number of halogens is 3. The Balaban J connectivity index is 2.60. The second-order valence-electron chi connectivity index (χ2n) is 3.14. The number of hydrogen-bond donors (Lipinski definition) is 0. The Morgan fingerprint density at radius 2 is 2.00 bits per heavy atom. The van der Waals surface area contributed by atoms with Crippen molar-refractivity contribution in [1.29, 1.82) is 0 Å². The van der Waals surface area contributed by atoms with E-state index in [0.29, 0.717) is 6.54 Å². The number of pyridine rings is 1. The highest BCUT2D eigenvalue weighted by Crippen LogP contribution is 2.21. The van der Waals surface area contributed by atoms with E-state index < -0.39 is 17.7 Å². The zero-order valence-corrected chi connectivity index (χ0v) is 8.41. The van der Waals surface area contributed by atoms with Crippen LogP contribution in [0.1, 0.15) is 6.92 Å². The third kappa shape index (κ3) is 1.66. The summed E-state index contributed by atoms with van der Waals surface area (Å²) >= 11 is 0. The molecule has 16 heavy (non-hydrogen) atoms. The second kappa shape index (κ2) is 3.96. The van der Waals surface area contributed by atoms with Crippen molar-refractivity contribution in [2.75, 3.05) is 0 Å². The van der Waals surface area contributed by atoms with E-state index >= 15 is 0 Å². The van der Waals surface area contributed by atoms with Crippen LogP contribution in [0.2, 0.25) is 0 Å². The van der Waals surface area contributed by atoms with Crippen LogP contribution in [0.15, 0.2) is 18.5 Å². The summed E-state index contributed by atoms with van der Waals surface area (Å²) in [5.41, 5.74) is -0.147. The molecule has 2 heterocycles. The molecule has 0 aliphatic carbocycles. The fourth-order valence-electron chi connectivity index (χ4n) is 1.41. The van der Waals surface area contributed by atoms with Gasteiger partial charge < -0.3 is 4.57 Å². The molecule has 0 spiro atoms. The molecule has 0 saturated heterocycles. The van der Waals surface area contributed by atoms with Crippen molar-refractivity contribution in [2.45, 2.75) is 13.5 Å². The number of aryl methyl sites for hydroxylation is 1. The van der Waals surface area contributed by atoms with Crippen molar-refractivity contribution in [3.8, 4) is 11.4 Å². The van der Waals surface area contributed by atoms with E-state index in [-0.39, 0.29) is 11.4 Å². The lowest BCUT2D eigenvalue weighted by molar-refractivity contribution is 0.448. The van der Waals surface area contributed by atoms with E-state index in [2.05, 4.69) is 9.97 Å². The van der Waals surface area contributed by atoms with E-state index in [0.717, 1.165) is 6.07 Å². The highest BCUT2D eigenvalue weighted by atomic mass is 19.2. The van der Waals surface area contributed by atoms with Crippen molar-refractivity contribution in [3.63, 3.8) is 0 Å². The van der Waals surface area contributed by atoms with Crippen molar-refractivity contribution in [3.05, 3.63) is 36.2 Å². The Morgan fingerprint density at radius 1 is 1.25 bits per heavy atom. The third-order valence-corrected chi connectivity index (χ3v) is 2.18. The maximum absolute atomic E-state index is 13.3. The van der Waals surface area contributed by atoms with Crippen LogP contribution in [-0.4, -0.2) is 14.5 Å². The van der Waals surface area contributed by atoms with Gasteiger partial charge in [-0.3, -0.25) is 0 Å². The summed E-state index contributed by atoms with van der Waals surface area (Å²) in [6.07, 6.45) is 3.08. The number of nitrogens with zero attached hydrogens (tertiary/aromatic N) is 3. The molecule has 84 valence electrons. The summed E-state index contributed by atoms with van der Waals surface area (Å²) in [4.78, 5) is 6.73. The molecule has 2 aromatic rings. The predicted molar refractivity (Wildman–Crippen MR) is 51.0 cm³/mol. The van der Waals surface area contributed by atoms with E-state index in [9.17, 15) is 13.2 Å². The molecule has 2 rings (SSSR count). The van der Waals surface area contributed by atoms with Gasteiger partial charge in [-0.1, -0.05) is 0 Å². The van der Waals surface area contributed by atoms with Crippen LogP contribution in [0.5, 0.6) is 0 Å². The van der Waals surface area contributed by atoms with Crippen LogP contribution in [0.25, 0.3) is 11.4 Å². The maximum atomic E-state index is 13.3. The first-order chi connectivity index (χ1) is 7.63. The zero-order chi connectivity index (χ0) is 11.7. The topological polar surface area (TPSA) is 30.7 Å². The smallest absolute Gasteiger partial charge is 0.251 e. The van der Waals surface area contributed by atoms with Crippen LogP contribution in [0.3, 0.4) is 0 Å². The molecular weight excluding hydrogens is 219 g/mol. The Bertz CT molecular complexity index is 522. The maximum Gasteiger partial charge on any atom is 0.251 e. The average Bonchev–Trinajstić information content (AvgIpc) is 2.71. The normalized spacial score (nSPS) is 10.8. The van der Waals surface area contributed by atoms with Crippen LogP contribution >= 0.6 is 0 Å². The number of rotatable bonds is 2. The molecule has 3 nitrogen and oxygen atoms in total. The quantitative estimate of drug-likeness (QED) is 0.737. The van der Waals surface area contributed by atoms with Crippen LogP contribution in [-0.2, 0) is 6.54 Å². The minimum Gasteiger partial charge on any atom is -0.331 e. The van der Waals surface area contributed by atoms with E-state index in [1.54, 1.807) is 10.8 Å². The molecule has 0 aromatic carbocycles. The summed E-state index contributed by atoms with van der Waals surface area (Å²) in [5, 5.41) is 0. The average molecular weight is 227 g/mol. The fourth-order valence-corrected chi connectivity index (χ4v) is 1.41. The minimum atomic E-state index is -1.45. The first kappa shape index (κ1) is 10.7. The molecule has 0 atom stereocenters.